The lowest BCUT2D eigenvalue weighted by molar-refractivity contribution is 0.218. The van der Waals surface area contributed by atoms with Crippen LogP contribution in [0.2, 0.25) is 0 Å². The Kier molecular flexibility index (Phi) is 3.51. The highest BCUT2D eigenvalue weighted by molar-refractivity contribution is 7.19. The molecule has 3 aromatic rings. The maximum Gasteiger partial charge on any atom is 0.129 e. The molecule has 1 aromatic heterocycles. The Morgan fingerprint density at radius 3 is 2.52 bits per heavy atom. The van der Waals surface area contributed by atoms with E-state index < -0.39 is 11.9 Å². The Hall–Kier alpha value is -1.78. The first-order chi connectivity index (χ1) is 9.95. The molecule has 0 fully saturated rings. The summed E-state index contributed by atoms with van der Waals surface area (Å²) in [6.07, 6.45) is -1.04. The van der Waals surface area contributed by atoms with Gasteiger partial charge in [-0.3, -0.25) is 0 Å². The molecule has 0 radical (unpaired) electrons. The zero-order chi connectivity index (χ0) is 15.1. The van der Waals surface area contributed by atoms with Crippen molar-refractivity contribution >= 4 is 21.4 Å². The summed E-state index contributed by atoms with van der Waals surface area (Å²) in [6.45, 7) is 3.59. The van der Waals surface area contributed by atoms with E-state index in [9.17, 15) is 13.9 Å². The Labute approximate surface area is 125 Å². The van der Waals surface area contributed by atoms with Crippen molar-refractivity contribution in [3.05, 3.63) is 69.6 Å². The van der Waals surface area contributed by atoms with E-state index >= 15 is 0 Å². The first-order valence-electron chi connectivity index (χ1n) is 6.59. The Balaban J connectivity index is 2.10. The van der Waals surface area contributed by atoms with Gasteiger partial charge in [0.15, 0.2) is 0 Å². The van der Waals surface area contributed by atoms with Crippen LogP contribution >= 0.6 is 11.3 Å². The molecule has 0 aliphatic rings. The maximum absolute atomic E-state index is 14.2. The smallest absolute Gasteiger partial charge is 0.129 e. The van der Waals surface area contributed by atoms with Crippen LogP contribution in [0.15, 0.2) is 36.4 Å². The van der Waals surface area contributed by atoms with Crippen LogP contribution < -0.4 is 0 Å². The average molecular weight is 304 g/mol. The van der Waals surface area contributed by atoms with Gasteiger partial charge in [-0.25, -0.2) is 8.78 Å². The molecule has 0 bridgehead atoms. The zero-order valence-electron chi connectivity index (χ0n) is 11.7. The normalized spacial score (nSPS) is 12.8. The van der Waals surface area contributed by atoms with Crippen molar-refractivity contribution in [2.75, 3.05) is 0 Å². The summed E-state index contributed by atoms with van der Waals surface area (Å²) >= 11 is 1.35. The standard InChI is InChI=1S/C17H14F2OS/c1-9-5-10(2)16(13(19)6-9)17(20)15-8-11-7-12(18)3-4-14(11)21-15/h3-8,17,20H,1-2H3. The summed E-state index contributed by atoms with van der Waals surface area (Å²) in [5.41, 5.74) is 1.82. The van der Waals surface area contributed by atoms with Gasteiger partial charge in [0.1, 0.15) is 17.7 Å². The van der Waals surface area contributed by atoms with Crippen molar-refractivity contribution in [1.29, 1.82) is 0 Å². The van der Waals surface area contributed by atoms with Gasteiger partial charge in [-0.05, 0) is 60.7 Å². The monoisotopic (exact) mass is 304 g/mol. The number of rotatable bonds is 2. The predicted molar refractivity (Wildman–Crippen MR) is 81.7 cm³/mol. The van der Waals surface area contributed by atoms with Crippen LogP contribution in [0.25, 0.3) is 10.1 Å². The molecule has 0 spiro atoms. The third-order valence-electron chi connectivity index (χ3n) is 3.52. The molecule has 1 atom stereocenters. The number of aliphatic hydroxyl groups excluding tert-OH is 1. The van der Waals surface area contributed by atoms with Gasteiger partial charge >= 0.3 is 0 Å². The van der Waals surface area contributed by atoms with E-state index in [-0.39, 0.29) is 11.4 Å². The van der Waals surface area contributed by atoms with Gasteiger partial charge in [0, 0.05) is 15.1 Å². The molecular formula is C17H14F2OS. The molecule has 0 saturated carbocycles. The molecule has 1 unspecified atom stereocenters. The van der Waals surface area contributed by atoms with E-state index in [1.54, 1.807) is 19.1 Å². The third kappa shape index (κ3) is 2.57. The molecule has 108 valence electrons. The number of hydrogen-bond donors (Lipinski definition) is 1. The van der Waals surface area contributed by atoms with Gasteiger partial charge in [-0.15, -0.1) is 11.3 Å². The zero-order valence-corrected chi connectivity index (χ0v) is 12.5. The summed E-state index contributed by atoms with van der Waals surface area (Å²) in [5.74, 6) is -0.734. The summed E-state index contributed by atoms with van der Waals surface area (Å²) < 4.78 is 28.2. The van der Waals surface area contributed by atoms with Gasteiger partial charge < -0.3 is 5.11 Å². The van der Waals surface area contributed by atoms with Crippen molar-refractivity contribution < 1.29 is 13.9 Å². The highest BCUT2D eigenvalue weighted by atomic mass is 32.1. The Bertz CT molecular complexity index is 800. The van der Waals surface area contributed by atoms with Crippen LogP contribution in [0, 0.1) is 25.5 Å². The van der Waals surface area contributed by atoms with Crippen molar-refractivity contribution in [2.24, 2.45) is 0 Å². The van der Waals surface area contributed by atoms with E-state index in [4.69, 9.17) is 0 Å². The third-order valence-corrected chi connectivity index (χ3v) is 4.69. The van der Waals surface area contributed by atoms with Crippen molar-refractivity contribution in [2.45, 2.75) is 20.0 Å². The highest BCUT2D eigenvalue weighted by Crippen LogP contribution is 2.35. The number of hydrogen-bond acceptors (Lipinski definition) is 2. The predicted octanol–water partition coefficient (Wildman–Crippen LogP) is 4.88. The lowest BCUT2D eigenvalue weighted by Gasteiger charge is -2.14. The number of halogens is 2. The first kappa shape index (κ1) is 14.2. The second-order valence-electron chi connectivity index (χ2n) is 5.21. The lowest BCUT2D eigenvalue weighted by Crippen LogP contribution is -2.04. The Morgan fingerprint density at radius 2 is 1.81 bits per heavy atom. The minimum atomic E-state index is -1.04. The SMILES string of the molecule is Cc1cc(C)c(C(O)c2cc3cc(F)ccc3s2)c(F)c1. The fourth-order valence-electron chi connectivity index (χ4n) is 2.58. The van der Waals surface area contributed by atoms with Gasteiger partial charge in [-0.1, -0.05) is 6.07 Å². The second kappa shape index (κ2) is 5.20. The average Bonchev–Trinajstić information content (AvgIpc) is 2.80. The topological polar surface area (TPSA) is 20.2 Å². The van der Waals surface area contributed by atoms with Crippen molar-refractivity contribution in [3.8, 4) is 0 Å². The molecule has 0 amide bonds. The van der Waals surface area contributed by atoms with Crippen LogP contribution in [0.4, 0.5) is 8.78 Å². The summed E-state index contributed by atoms with van der Waals surface area (Å²) in [6, 6.07) is 9.44. The maximum atomic E-state index is 14.2. The van der Waals surface area contributed by atoms with E-state index in [0.29, 0.717) is 10.4 Å². The Morgan fingerprint density at radius 1 is 1.05 bits per heavy atom. The molecule has 0 saturated heterocycles. The number of benzene rings is 2. The van der Waals surface area contributed by atoms with Crippen molar-refractivity contribution in [3.63, 3.8) is 0 Å². The molecule has 0 aliphatic carbocycles. The number of aryl methyl sites for hydroxylation is 2. The number of fused-ring (bicyclic) bond motifs is 1. The minimum Gasteiger partial charge on any atom is -0.383 e. The number of thiophene rings is 1. The van der Waals surface area contributed by atoms with E-state index in [1.807, 2.05) is 13.0 Å². The quantitative estimate of drug-likeness (QED) is 0.715. The first-order valence-corrected chi connectivity index (χ1v) is 7.41. The number of aliphatic hydroxyl groups is 1. The largest absolute Gasteiger partial charge is 0.383 e. The van der Waals surface area contributed by atoms with Crippen LogP contribution in [-0.2, 0) is 0 Å². The summed E-state index contributed by atoms with van der Waals surface area (Å²) in [4.78, 5) is 0.612. The van der Waals surface area contributed by atoms with E-state index in [0.717, 1.165) is 15.6 Å². The minimum absolute atomic E-state index is 0.285. The van der Waals surface area contributed by atoms with Crippen LogP contribution in [-0.4, -0.2) is 5.11 Å². The second-order valence-corrected chi connectivity index (χ2v) is 6.33. The lowest BCUT2D eigenvalue weighted by atomic mass is 9.99. The van der Waals surface area contributed by atoms with E-state index in [1.165, 1.54) is 29.5 Å². The van der Waals surface area contributed by atoms with Gasteiger partial charge in [-0.2, -0.15) is 0 Å². The molecule has 0 aliphatic heterocycles. The molecule has 1 N–H and O–H groups in total. The molecule has 1 heterocycles. The summed E-state index contributed by atoms with van der Waals surface area (Å²) in [5, 5.41) is 11.2. The van der Waals surface area contributed by atoms with Crippen LogP contribution in [0.3, 0.4) is 0 Å². The fraction of sp³-hybridized carbons (Fsp3) is 0.176. The fourth-order valence-corrected chi connectivity index (χ4v) is 3.63. The highest BCUT2D eigenvalue weighted by Gasteiger charge is 2.20. The van der Waals surface area contributed by atoms with Gasteiger partial charge in [0.2, 0.25) is 0 Å². The van der Waals surface area contributed by atoms with Crippen LogP contribution in [0.1, 0.15) is 27.7 Å². The molecule has 2 aromatic carbocycles. The molecule has 1 nitrogen and oxygen atoms in total. The molecule has 21 heavy (non-hydrogen) atoms. The summed E-state index contributed by atoms with van der Waals surface area (Å²) in [7, 11) is 0. The molecule has 3 rings (SSSR count). The van der Waals surface area contributed by atoms with E-state index in [2.05, 4.69) is 0 Å². The molecular weight excluding hydrogens is 290 g/mol. The van der Waals surface area contributed by atoms with Gasteiger partial charge in [0.05, 0.1) is 0 Å². The van der Waals surface area contributed by atoms with Crippen molar-refractivity contribution in [1.82, 2.24) is 0 Å². The van der Waals surface area contributed by atoms with Crippen LogP contribution in [0.5, 0.6) is 0 Å². The van der Waals surface area contributed by atoms with Gasteiger partial charge in [0.25, 0.3) is 0 Å². The molecule has 4 heteroatoms.